The average Bonchev–Trinajstić information content (AvgIpc) is 2.82. The maximum Gasteiger partial charge on any atom is 0.131 e. The molecule has 3 atom stereocenters. The molecule has 0 radical (unpaired) electrons. The van der Waals surface area contributed by atoms with Gasteiger partial charge in [-0.25, -0.2) is 4.98 Å². The summed E-state index contributed by atoms with van der Waals surface area (Å²) in [6, 6.07) is 3.23. The van der Waals surface area contributed by atoms with E-state index in [1.165, 1.54) is 55.6 Å². The highest BCUT2D eigenvalue weighted by Crippen LogP contribution is 2.39. The highest BCUT2D eigenvalue weighted by Gasteiger charge is 2.36. The van der Waals surface area contributed by atoms with Crippen LogP contribution in [0.15, 0.2) is 12.3 Å². The zero-order valence-corrected chi connectivity index (χ0v) is 12.8. The van der Waals surface area contributed by atoms with E-state index in [1.54, 1.807) is 0 Å². The van der Waals surface area contributed by atoms with E-state index in [-0.39, 0.29) is 6.04 Å². The summed E-state index contributed by atoms with van der Waals surface area (Å²) >= 11 is 0. The monoisotopic (exact) mass is 273 g/mol. The fourth-order valence-electron chi connectivity index (χ4n) is 4.08. The number of pyridine rings is 1. The lowest BCUT2D eigenvalue weighted by Gasteiger charge is -2.33. The molecule has 1 aliphatic carbocycles. The molecule has 1 saturated carbocycles. The molecule has 1 aromatic heterocycles. The van der Waals surface area contributed by atoms with Crippen molar-refractivity contribution in [2.45, 2.75) is 64.5 Å². The van der Waals surface area contributed by atoms with Gasteiger partial charge in [-0.2, -0.15) is 0 Å². The van der Waals surface area contributed by atoms with Crippen LogP contribution in [-0.4, -0.2) is 23.6 Å². The van der Waals surface area contributed by atoms with Gasteiger partial charge in [0.2, 0.25) is 0 Å². The zero-order valence-electron chi connectivity index (χ0n) is 12.8. The summed E-state index contributed by atoms with van der Waals surface area (Å²) in [6.45, 7) is 5.44. The molecule has 3 rings (SSSR count). The molecule has 0 aromatic carbocycles. The summed E-state index contributed by atoms with van der Waals surface area (Å²) in [4.78, 5) is 7.35. The number of nitrogens with zero attached hydrogens (tertiary/aromatic N) is 2. The van der Waals surface area contributed by atoms with Crippen LogP contribution in [0.4, 0.5) is 5.82 Å². The predicted octanol–water partition coefficient (Wildman–Crippen LogP) is 3.05. The summed E-state index contributed by atoms with van der Waals surface area (Å²) in [5.41, 5.74) is 8.46. The van der Waals surface area contributed by atoms with Gasteiger partial charge in [-0.1, -0.05) is 18.9 Å². The van der Waals surface area contributed by atoms with E-state index in [9.17, 15) is 0 Å². The van der Waals surface area contributed by atoms with Gasteiger partial charge in [-0.05, 0) is 56.6 Å². The summed E-state index contributed by atoms with van der Waals surface area (Å²) in [5.74, 6) is 2.13. The van der Waals surface area contributed by atoms with Gasteiger partial charge in [0.25, 0.3) is 0 Å². The molecule has 110 valence electrons. The first-order valence-electron chi connectivity index (χ1n) is 8.13. The minimum Gasteiger partial charge on any atom is -0.353 e. The minimum atomic E-state index is 0.205. The molecule has 2 heterocycles. The first kappa shape index (κ1) is 13.9. The molecule has 1 saturated heterocycles. The number of aryl methyl sites for hydroxylation is 1. The fraction of sp³-hybridized carbons (Fsp3) is 0.706. The van der Waals surface area contributed by atoms with Crippen LogP contribution >= 0.6 is 0 Å². The molecular weight excluding hydrogens is 246 g/mol. The predicted molar refractivity (Wildman–Crippen MR) is 84.0 cm³/mol. The Bertz CT molecular complexity index is 469. The molecule has 2 N–H and O–H groups in total. The van der Waals surface area contributed by atoms with Crippen molar-refractivity contribution >= 4 is 5.82 Å². The van der Waals surface area contributed by atoms with Gasteiger partial charge in [0.05, 0.1) is 0 Å². The molecule has 20 heavy (non-hydrogen) atoms. The maximum absolute atomic E-state index is 5.88. The number of anilines is 1. The second-order valence-electron chi connectivity index (χ2n) is 6.76. The van der Waals surface area contributed by atoms with Crippen LogP contribution in [0.1, 0.15) is 50.2 Å². The lowest BCUT2D eigenvalue weighted by atomic mass is 9.85. The largest absolute Gasteiger partial charge is 0.353 e. The SMILES string of the molecule is Cc1cc(CC(C)N)cnc1N1CCC2CCCCC21. The smallest absolute Gasteiger partial charge is 0.131 e. The Balaban J connectivity index is 1.80. The molecule has 0 spiro atoms. The Labute approximate surface area is 122 Å². The Kier molecular flexibility index (Phi) is 3.97. The Hall–Kier alpha value is -1.09. The van der Waals surface area contributed by atoms with Crippen molar-refractivity contribution in [3.05, 3.63) is 23.4 Å². The lowest BCUT2D eigenvalue weighted by Crippen LogP contribution is -2.35. The zero-order chi connectivity index (χ0) is 14.1. The fourth-order valence-corrected chi connectivity index (χ4v) is 4.08. The molecule has 0 amide bonds. The van der Waals surface area contributed by atoms with E-state index >= 15 is 0 Å². The van der Waals surface area contributed by atoms with Gasteiger partial charge in [0, 0.05) is 24.8 Å². The number of fused-ring (bicyclic) bond motifs is 1. The van der Waals surface area contributed by atoms with Gasteiger partial charge in [-0.15, -0.1) is 0 Å². The van der Waals surface area contributed by atoms with Crippen molar-refractivity contribution in [2.75, 3.05) is 11.4 Å². The summed E-state index contributed by atoms with van der Waals surface area (Å²) in [6.07, 6.45) is 9.89. The Morgan fingerprint density at radius 1 is 1.35 bits per heavy atom. The molecule has 0 bridgehead atoms. The van der Waals surface area contributed by atoms with Crippen LogP contribution in [-0.2, 0) is 6.42 Å². The Morgan fingerprint density at radius 2 is 2.15 bits per heavy atom. The maximum atomic E-state index is 5.88. The van der Waals surface area contributed by atoms with Crippen molar-refractivity contribution in [1.29, 1.82) is 0 Å². The quantitative estimate of drug-likeness (QED) is 0.920. The lowest BCUT2D eigenvalue weighted by molar-refractivity contribution is 0.341. The number of hydrogen-bond acceptors (Lipinski definition) is 3. The third-order valence-corrected chi connectivity index (χ3v) is 4.95. The van der Waals surface area contributed by atoms with E-state index in [1.807, 2.05) is 6.20 Å². The van der Waals surface area contributed by atoms with Crippen LogP contribution in [0, 0.1) is 12.8 Å². The molecule has 3 heteroatoms. The second-order valence-corrected chi connectivity index (χ2v) is 6.76. The van der Waals surface area contributed by atoms with Crippen molar-refractivity contribution in [3.8, 4) is 0 Å². The van der Waals surface area contributed by atoms with Gasteiger partial charge >= 0.3 is 0 Å². The third kappa shape index (κ3) is 2.69. The van der Waals surface area contributed by atoms with Crippen LogP contribution < -0.4 is 10.6 Å². The number of nitrogens with two attached hydrogens (primary N) is 1. The van der Waals surface area contributed by atoms with Crippen LogP contribution in [0.5, 0.6) is 0 Å². The second kappa shape index (κ2) is 5.72. The van der Waals surface area contributed by atoms with Gasteiger partial charge in [-0.3, -0.25) is 0 Å². The van der Waals surface area contributed by atoms with Crippen molar-refractivity contribution in [2.24, 2.45) is 11.7 Å². The van der Waals surface area contributed by atoms with E-state index in [0.29, 0.717) is 0 Å². The van der Waals surface area contributed by atoms with Crippen LogP contribution in [0.3, 0.4) is 0 Å². The molecule has 1 aliphatic heterocycles. The summed E-state index contributed by atoms with van der Waals surface area (Å²) in [7, 11) is 0. The number of hydrogen-bond donors (Lipinski definition) is 1. The third-order valence-electron chi connectivity index (χ3n) is 4.95. The van der Waals surface area contributed by atoms with Crippen molar-refractivity contribution in [3.63, 3.8) is 0 Å². The van der Waals surface area contributed by atoms with Crippen LogP contribution in [0.25, 0.3) is 0 Å². The normalized spacial score (nSPS) is 27.4. The first-order valence-corrected chi connectivity index (χ1v) is 8.13. The summed E-state index contributed by atoms with van der Waals surface area (Å²) < 4.78 is 0. The highest BCUT2D eigenvalue weighted by atomic mass is 15.2. The van der Waals surface area contributed by atoms with Gasteiger partial charge < -0.3 is 10.6 Å². The minimum absolute atomic E-state index is 0.205. The van der Waals surface area contributed by atoms with E-state index in [2.05, 4.69) is 24.8 Å². The average molecular weight is 273 g/mol. The Morgan fingerprint density at radius 3 is 2.90 bits per heavy atom. The van der Waals surface area contributed by atoms with E-state index in [4.69, 9.17) is 10.7 Å². The molecule has 3 nitrogen and oxygen atoms in total. The molecule has 2 fully saturated rings. The topological polar surface area (TPSA) is 42.1 Å². The number of aromatic nitrogens is 1. The first-order chi connectivity index (χ1) is 9.65. The number of rotatable bonds is 3. The highest BCUT2D eigenvalue weighted by molar-refractivity contribution is 5.49. The van der Waals surface area contributed by atoms with Gasteiger partial charge in [0.1, 0.15) is 5.82 Å². The van der Waals surface area contributed by atoms with E-state index in [0.717, 1.165) is 18.4 Å². The molecule has 1 aromatic rings. The van der Waals surface area contributed by atoms with Crippen molar-refractivity contribution in [1.82, 2.24) is 4.98 Å². The van der Waals surface area contributed by atoms with Gasteiger partial charge in [0.15, 0.2) is 0 Å². The molecule has 3 unspecified atom stereocenters. The standard InChI is InChI=1S/C17H27N3/c1-12-9-14(10-13(2)18)11-19-17(12)20-8-7-15-5-3-4-6-16(15)20/h9,11,13,15-16H,3-8,10,18H2,1-2H3. The molecule has 2 aliphatic rings. The van der Waals surface area contributed by atoms with Crippen molar-refractivity contribution < 1.29 is 0 Å². The van der Waals surface area contributed by atoms with E-state index < -0.39 is 0 Å². The van der Waals surface area contributed by atoms with Crippen LogP contribution in [0.2, 0.25) is 0 Å². The molecular formula is C17H27N3. The summed E-state index contributed by atoms with van der Waals surface area (Å²) in [5, 5.41) is 0.